The zero-order valence-electron chi connectivity index (χ0n) is 13.9. The minimum absolute atomic E-state index is 0.0689. The van der Waals surface area contributed by atoms with Crippen LogP contribution in [-0.2, 0) is 16.9 Å². The normalized spacial score (nSPS) is 18.6. The number of amides is 1. The number of ether oxygens (including phenoxy) is 1. The Balaban J connectivity index is 1.36. The van der Waals surface area contributed by atoms with E-state index in [9.17, 15) is 4.79 Å². The highest BCUT2D eigenvalue weighted by Crippen LogP contribution is 2.44. The smallest absolute Gasteiger partial charge is 0.253 e. The van der Waals surface area contributed by atoms with E-state index < -0.39 is 0 Å². The number of piperidine rings is 1. The third kappa shape index (κ3) is 2.29. The molecule has 0 radical (unpaired) electrons. The first-order valence-corrected chi connectivity index (χ1v) is 8.74. The topological polar surface area (TPSA) is 42.7 Å². The van der Waals surface area contributed by atoms with Crippen LogP contribution in [0.3, 0.4) is 0 Å². The molecule has 0 atom stereocenters. The fourth-order valence-corrected chi connectivity index (χ4v) is 4.14. The van der Waals surface area contributed by atoms with Crippen molar-refractivity contribution in [1.29, 1.82) is 0 Å². The molecule has 4 heteroatoms. The Hall–Kier alpha value is -2.59. The average Bonchev–Trinajstić information content (AvgIpc) is 3.27. The number of rotatable bonds is 1. The lowest BCUT2D eigenvalue weighted by molar-refractivity contribution is -0.0741. The van der Waals surface area contributed by atoms with Gasteiger partial charge in [-0.15, -0.1) is 0 Å². The van der Waals surface area contributed by atoms with Crippen molar-refractivity contribution in [2.75, 3.05) is 13.1 Å². The lowest BCUT2D eigenvalue weighted by Gasteiger charge is -2.39. The van der Waals surface area contributed by atoms with Gasteiger partial charge in [0.05, 0.1) is 18.5 Å². The second-order valence-electron chi connectivity index (χ2n) is 6.91. The second-order valence-corrected chi connectivity index (χ2v) is 6.91. The minimum Gasteiger partial charge on any atom is -0.464 e. The summed E-state index contributed by atoms with van der Waals surface area (Å²) in [6, 6.07) is 16.0. The van der Waals surface area contributed by atoms with Gasteiger partial charge in [0.1, 0.15) is 5.58 Å². The van der Waals surface area contributed by atoms with E-state index in [4.69, 9.17) is 9.15 Å². The Kier molecular flexibility index (Phi) is 3.22. The molecular weight excluding hydrogens is 314 g/mol. The van der Waals surface area contributed by atoms with Crippen molar-refractivity contribution in [1.82, 2.24) is 4.90 Å². The molecule has 25 heavy (non-hydrogen) atoms. The van der Waals surface area contributed by atoms with Gasteiger partial charge in [-0.3, -0.25) is 4.79 Å². The lowest BCUT2D eigenvalue weighted by atomic mass is 9.83. The molecule has 1 fully saturated rings. The third-order valence-corrected chi connectivity index (χ3v) is 5.57. The predicted molar refractivity (Wildman–Crippen MR) is 94.3 cm³/mol. The maximum absolute atomic E-state index is 12.9. The summed E-state index contributed by atoms with van der Waals surface area (Å²) in [5.74, 6) is 0.0689. The summed E-state index contributed by atoms with van der Waals surface area (Å²) >= 11 is 0. The molecule has 1 aromatic heterocycles. The fourth-order valence-electron chi connectivity index (χ4n) is 4.14. The van der Waals surface area contributed by atoms with Gasteiger partial charge in [0, 0.05) is 24.0 Å². The number of hydrogen-bond acceptors (Lipinski definition) is 3. The van der Waals surface area contributed by atoms with Gasteiger partial charge in [0.15, 0.2) is 0 Å². The monoisotopic (exact) mass is 333 g/mol. The van der Waals surface area contributed by atoms with Crippen LogP contribution in [0.5, 0.6) is 0 Å². The van der Waals surface area contributed by atoms with Crippen LogP contribution in [0.1, 0.15) is 34.3 Å². The van der Waals surface area contributed by atoms with E-state index in [1.54, 1.807) is 6.26 Å². The van der Waals surface area contributed by atoms with E-state index in [1.807, 2.05) is 29.2 Å². The fraction of sp³-hybridized carbons (Fsp3) is 0.286. The second kappa shape index (κ2) is 5.46. The van der Waals surface area contributed by atoms with Gasteiger partial charge < -0.3 is 14.1 Å². The number of fused-ring (bicyclic) bond motifs is 3. The first kappa shape index (κ1) is 14.7. The Bertz CT molecular complexity index is 950. The summed E-state index contributed by atoms with van der Waals surface area (Å²) in [6.07, 6.45) is 3.34. The molecule has 1 spiro atoms. The van der Waals surface area contributed by atoms with E-state index in [0.717, 1.165) is 23.8 Å². The van der Waals surface area contributed by atoms with Crippen LogP contribution >= 0.6 is 0 Å². The number of hydrogen-bond donors (Lipinski definition) is 0. The summed E-state index contributed by atoms with van der Waals surface area (Å²) in [5.41, 5.74) is 3.82. The summed E-state index contributed by atoms with van der Waals surface area (Å²) in [4.78, 5) is 14.8. The predicted octanol–water partition coefficient (Wildman–Crippen LogP) is 4.09. The zero-order valence-corrected chi connectivity index (χ0v) is 13.9. The van der Waals surface area contributed by atoms with Gasteiger partial charge in [-0.2, -0.15) is 0 Å². The van der Waals surface area contributed by atoms with Crippen LogP contribution in [0.2, 0.25) is 0 Å². The molecule has 2 aliphatic heterocycles. The Labute approximate surface area is 146 Å². The number of benzene rings is 2. The quantitative estimate of drug-likeness (QED) is 0.673. The highest BCUT2D eigenvalue weighted by atomic mass is 16.5. The summed E-state index contributed by atoms with van der Waals surface area (Å²) in [6.45, 7) is 2.10. The van der Waals surface area contributed by atoms with Crippen LogP contribution in [0, 0.1) is 0 Å². The van der Waals surface area contributed by atoms with Crippen molar-refractivity contribution in [3.63, 3.8) is 0 Å². The van der Waals surface area contributed by atoms with E-state index in [2.05, 4.69) is 24.3 Å². The summed E-state index contributed by atoms with van der Waals surface area (Å²) in [7, 11) is 0. The molecule has 0 aliphatic carbocycles. The van der Waals surface area contributed by atoms with Gasteiger partial charge in [-0.05, 0) is 42.2 Å². The maximum atomic E-state index is 12.9. The highest BCUT2D eigenvalue weighted by molar-refractivity contribution is 5.97. The van der Waals surface area contributed by atoms with Crippen molar-refractivity contribution >= 4 is 16.9 Å². The first-order valence-electron chi connectivity index (χ1n) is 8.74. The molecule has 0 saturated carbocycles. The molecule has 0 N–H and O–H groups in total. The molecule has 3 aromatic rings. The first-order chi connectivity index (χ1) is 12.3. The average molecular weight is 333 g/mol. The molecule has 5 rings (SSSR count). The van der Waals surface area contributed by atoms with Gasteiger partial charge in [-0.25, -0.2) is 0 Å². The Morgan fingerprint density at radius 1 is 1.04 bits per heavy atom. The molecule has 2 aromatic carbocycles. The number of carbonyl (C=O) groups excluding carboxylic acids is 1. The van der Waals surface area contributed by atoms with Crippen LogP contribution in [0.4, 0.5) is 0 Å². The van der Waals surface area contributed by atoms with Crippen molar-refractivity contribution < 1.29 is 13.9 Å². The van der Waals surface area contributed by atoms with Gasteiger partial charge in [0.25, 0.3) is 5.91 Å². The number of likely N-dealkylation sites (tertiary alicyclic amines) is 1. The maximum Gasteiger partial charge on any atom is 0.253 e. The lowest BCUT2D eigenvalue weighted by Crippen LogP contribution is -2.45. The van der Waals surface area contributed by atoms with E-state index in [-0.39, 0.29) is 11.5 Å². The van der Waals surface area contributed by atoms with E-state index in [1.165, 1.54) is 11.1 Å². The zero-order chi connectivity index (χ0) is 16.9. The molecule has 0 unspecified atom stereocenters. The SMILES string of the molecule is O=C(c1ccc2ccoc2c1)N1CCC2(CC1)OCc1ccccc12. The Morgan fingerprint density at radius 2 is 1.88 bits per heavy atom. The van der Waals surface area contributed by atoms with Crippen LogP contribution < -0.4 is 0 Å². The van der Waals surface area contributed by atoms with Gasteiger partial charge >= 0.3 is 0 Å². The number of carbonyl (C=O) groups is 1. The van der Waals surface area contributed by atoms with Crippen molar-refractivity contribution in [3.05, 3.63) is 71.5 Å². The third-order valence-electron chi connectivity index (χ3n) is 5.57. The highest BCUT2D eigenvalue weighted by Gasteiger charge is 2.43. The minimum atomic E-state index is -0.210. The largest absolute Gasteiger partial charge is 0.464 e. The van der Waals surface area contributed by atoms with Crippen LogP contribution in [0.25, 0.3) is 11.0 Å². The molecule has 2 aliphatic rings. The summed E-state index contributed by atoms with van der Waals surface area (Å²) in [5, 5.41) is 1.02. The van der Waals surface area contributed by atoms with E-state index in [0.29, 0.717) is 25.3 Å². The molecule has 4 nitrogen and oxygen atoms in total. The molecule has 126 valence electrons. The van der Waals surface area contributed by atoms with Crippen molar-refractivity contribution in [2.45, 2.75) is 25.0 Å². The molecule has 3 heterocycles. The van der Waals surface area contributed by atoms with E-state index >= 15 is 0 Å². The summed E-state index contributed by atoms with van der Waals surface area (Å²) < 4.78 is 11.6. The number of nitrogens with zero attached hydrogens (tertiary/aromatic N) is 1. The van der Waals surface area contributed by atoms with Crippen LogP contribution in [0.15, 0.2) is 59.2 Å². The van der Waals surface area contributed by atoms with Crippen LogP contribution in [-0.4, -0.2) is 23.9 Å². The van der Waals surface area contributed by atoms with Gasteiger partial charge in [0.2, 0.25) is 0 Å². The molecule has 1 amide bonds. The Morgan fingerprint density at radius 3 is 2.76 bits per heavy atom. The van der Waals surface area contributed by atoms with Crippen molar-refractivity contribution in [2.24, 2.45) is 0 Å². The molecule has 1 saturated heterocycles. The standard InChI is InChI=1S/C21H19NO3/c23-20(16-6-5-15-7-12-24-19(15)13-16)22-10-8-21(9-11-22)18-4-2-1-3-17(18)14-25-21/h1-7,12-13H,8-11,14H2. The van der Waals surface area contributed by atoms with Crippen molar-refractivity contribution in [3.8, 4) is 0 Å². The number of furan rings is 1. The molecular formula is C21H19NO3. The van der Waals surface area contributed by atoms with Gasteiger partial charge in [-0.1, -0.05) is 30.3 Å². The molecule has 0 bridgehead atoms.